The molecule has 0 spiro atoms. The number of fused-ring (bicyclic) bond motifs is 1. The molecule has 1 amide bonds. The molecule has 0 saturated carbocycles. The zero-order valence-electron chi connectivity index (χ0n) is 14.8. The van der Waals surface area contributed by atoms with Gasteiger partial charge >= 0.3 is 0 Å². The number of rotatable bonds is 5. The normalized spacial score (nSPS) is 10.8. The van der Waals surface area contributed by atoms with E-state index in [1.807, 2.05) is 18.4 Å². The van der Waals surface area contributed by atoms with Gasteiger partial charge < -0.3 is 15.0 Å². The first-order chi connectivity index (χ1) is 12.5. The summed E-state index contributed by atoms with van der Waals surface area (Å²) in [4.78, 5) is 29.6. The van der Waals surface area contributed by atoms with Gasteiger partial charge in [-0.3, -0.25) is 9.59 Å². The number of phenolic OH excluding ortho intramolecular Hbond substituents is 1. The van der Waals surface area contributed by atoms with Crippen LogP contribution in [0.15, 0.2) is 47.4 Å². The lowest BCUT2D eigenvalue weighted by Crippen LogP contribution is -2.31. The number of carbonyl (C=O) groups excluding carboxylic acids is 1. The van der Waals surface area contributed by atoms with Crippen molar-refractivity contribution in [3.63, 3.8) is 0 Å². The zero-order valence-corrected chi connectivity index (χ0v) is 14.8. The van der Waals surface area contributed by atoms with Crippen LogP contribution in [0.4, 0.5) is 0 Å². The Labute approximate surface area is 151 Å². The molecule has 0 aliphatic carbocycles. The van der Waals surface area contributed by atoms with E-state index in [0.717, 1.165) is 11.3 Å². The van der Waals surface area contributed by atoms with Crippen molar-refractivity contribution in [2.24, 2.45) is 0 Å². The summed E-state index contributed by atoms with van der Waals surface area (Å²) in [6, 6.07) is 10.3. The minimum Gasteiger partial charge on any atom is -0.508 e. The standard InChI is InChI=1S/C20H21N3O3/c1-3-23-12-17(18(25)16-9-4-13(2)22-19(16)23)20(26)21-11-10-14-5-7-15(24)8-6-14/h4-9,12,24H,3,10-11H2,1-2H3,(H,21,26). The lowest BCUT2D eigenvalue weighted by Gasteiger charge is -2.11. The van der Waals surface area contributed by atoms with E-state index in [4.69, 9.17) is 0 Å². The summed E-state index contributed by atoms with van der Waals surface area (Å²) >= 11 is 0. The number of hydrogen-bond acceptors (Lipinski definition) is 4. The number of pyridine rings is 2. The fourth-order valence-corrected chi connectivity index (χ4v) is 2.84. The molecule has 0 fully saturated rings. The molecule has 0 aliphatic rings. The Hall–Kier alpha value is -3.15. The highest BCUT2D eigenvalue weighted by molar-refractivity contribution is 5.96. The van der Waals surface area contributed by atoms with E-state index >= 15 is 0 Å². The SMILES string of the molecule is CCn1cc(C(=O)NCCc2ccc(O)cc2)c(=O)c2ccc(C)nc21. The molecule has 3 rings (SSSR count). The van der Waals surface area contributed by atoms with Crippen LogP contribution in [0.25, 0.3) is 11.0 Å². The summed E-state index contributed by atoms with van der Waals surface area (Å²) in [5, 5.41) is 12.5. The van der Waals surface area contributed by atoms with Crippen molar-refractivity contribution >= 4 is 16.9 Å². The third-order valence-corrected chi connectivity index (χ3v) is 4.28. The van der Waals surface area contributed by atoms with Crippen LogP contribution in [0.3, 0.4) is 0 Å². The van der Waals surface area contributed by atoms with Crippen molar-refractivity contribution in [3.8, 4) is 5.75 Å². The summed E-state index contributed by atoms with van der Waals surface area (Å²) in [5.74, 6) is -0.184. The second kappa shape index (κ2) is 7.39. The molecule has 0 bridgehead atoms. The van der Waals surface area contributed by atoms with Crippen molar-refractivity contribution in [3.05, 3.63) is 69.6 Å². The summed E-state index contributed by atoms with van der Waals surface area (Å²) in [6.45, 7) is 4.83. The molecule has 2 heterocycles. The molecule has 6 heteroatoms. The van der Waals surface area contributed by atoms with Crippen LogP contribution in [0.2, 0.25) is 0 Å². The van der Waals surface area contributed by atoms with Gasteiger partial charge in [-0.2, -0.15) is 0 Å². The van der Waals surface area contributed by atoms with E-state index in [1.165, 1.54) is 0 Å². The molecular formula is C20H21N3O3. The van der Waals surface area contributed by atoms with Crippen LogP contribution >= 0.6 is 0 Å². The number of aromatic hydroxyl groups is 1. The molecule has 0 radical (unpaired) electrons. The predicted octanol–water partition coefficient (Wildman–Crippen LogP) is 2.40. The van der Waals surface area contributed by atoms with Crippen molar-refractivity contribution < 1.29 is 9.90 Å². The van der Waals surface area contributed by atoms with Crippen LogP contribution in [-0.2, 0) is 13.0 Å². The molecule has 1 aromatic carbocycles. The van der Waals surface area contributed by atoms with Crippen molar-refractivity contribution in [2.75, 3.05) is 6.54 Å². The van der Waals surface area contributed by atoms with Crippen molar-refractivity contribution in [1.82, 2.24) is 14.9 Å². The van der Waals surface area contributed by atoms with E-state index in [2.05, 4.69) is 10.3 Å². The van der Waals surface area contributed by atoms with Gasteiger partial charge in [0, 0.05) is 25.0 Å². The maximum absolute atomic E-state index is 12.7. The highest BCUT2D eigenvalue weighted by atomic mass is 16.3. The lowest BCUT2D eigenvalue weighted by molar-refractivity contribution is 0.0952. The van der Waals surface area contributed by atoms with E-state index in [-0.39, 0.29) is 16.7 Å². The third kappa shape index (κ3) is 3.59. The smallest absolute Gasteiger partial charge is 0.256 e. The molecule has 0 aliphatic heterocycles. The summed E-state index contributed by atoms with van der Waals surface area (Å²) in [7, 11) is 0. The van der Waals surface area contributed by atoms with Gasteiger partial charge in [-0.05, 0) is 50.1 Å². The average Bonchev–Trinajstić information content (AvgIpc) is 2.63. The number of amides is 1. The van der Waals surface area contributed by atoms with E-state index < -0.39 is 5.91 Å². The Morgan fingerprint density at radius 1 is 1.19 bits per heavy atom. The molecule has 0 atom stereocenters. The van der Waals surface area contributed by atoms with Crippen LogP contribution in [0.1, 0.15) is 28.5 Å². The van der Waals surface area contributed by atoms with Crippen LogP contribution in [0, 0.1) is 6.92 Å². The number of nitrogens with one attached hydrogen (secondary N) is 1. The van der Waals surface area contributed by atoms with Crippen LogP contribution in [0.5, 0.6) is 5.75 Å². The minimum atomic E-state index is -0.390. The quantitative estimate of drug-likeness (QED) is 0.739. The highest BCUT2D eigenvalue weighted by Crippen LogP contribution is 2.12. The monoisotopic (exact) mass is 351 g/mol. The Kier molecular flexibility index (Phi) is 5.02. The fourth-order valence-electron chi connectivity index (χ4n) is 2.84. The maximum Gasteiger partial charge on any atom is 0.256 e. The molecule has 3 aromatic rings. The number of aromatic nitrogens is 2. The first-order valence-corrected chi connectivity index (χ1v) is 8.56. The second-order valence-corrected chi connectivity index (χ2v) is 6.15. The number of aryl methyl sites for hydroxylation is 2. The number of benzene rings is 1. The molecule has 6 nitrogen and oxygen atoms in total. The van der Waals surface area contributed by atoms with Gasteiger partial charge in [-0.1, -0.05) is 12.1 Å². The number of nitrogens with zero attached hydrogens (tertiary/aromatic N) is 2. The van der Waals surface area contributed by atoms with Gasteiger partial charge in [0.25, 0.3) is 5.91 Å². The van der Waals surface area contributed by atoms with Gasteiger partial charge in [0.1, 0.15) is 17.0 Å². The zero-order chi connectivity index (χ0) is 18.7. The topological polar surface area (TPSA) is 84.2 Å². The largest absolute Gasteiger partial charge is 0.508 e. The van der Waals surface area contributed by atoms with Crippen LogP contribution < -0.4 is 10.7 Å². The van der Waals surface area contributed by atoms with Crippen LogP contribution in [-0.4, -0.2) is 27.1 Å². The summed E-state index contributed by atoms with van der Waals surface area (Å²) in [6.07, 6.45) is 2.19. The molecular weight excluding hydrogens is 330 g/mol. The molecule has 0 saturated heterocycles. The number of carbonyl (C=O) groups is 1. The summed E-state index contributed by atoms with van der Waals surface area (Å²) in [5.41, 5.74) is 2.23. The fraction of sp³-hybridized carbons (Fsp3) is 0.250. The Morgan fingerprint density at radius 3 is 2.62 bits per heavy atom. The molecule has 0 unspecified atom stereocenters. The predicted molar refractivity (Wildman–Crippen MR) is 101 cm³/mol. The molecule has 2 N–H and O–H groups in total. The number of phenols is 1. The van der Waals surface area contributed by atoms with Crippen molar-refractivity contribution in [2.45, 2.75) is 26.8 Å². The maximum atomic E-state index is 12.7. The first kappa shape index (κ1) is 17.7. The Morgan fingerprint density at radius 2 is 1.92 bits per heavy atom. The van der Waals surface area contributed by atoms with E-state index in [0.29, 0.717) is 30.5 Å². The molecule has 134 valence electrons. The number of hydrogen-bond donors (Lipinski definition) is 2. The summed E-state index contributed by atoms with van der Waals surface area (Å²) < 4.78 is 1.82. The van der Waals surface area contributed by atoms with Crippen molar-refractivity contribution in [1.29, 1.82) is 0 Å². The van der Waals surface area contributed by atoms with Gasteiger partial charge in [-0.15, -0.1) is 0 Å². The Balaban J connectivity index is 1.81. The Bertz CT molecular complexity index is 1010. The second-order valence-electron chi connectivity index (χ2n) is 6.15. The van der Waals surface area contributed by atoms with E-state index in [1.54, 1.807) is 42.6 Å². The first-order valence-electron chi connectivity index (χ1n) is 8.56. The minimum absolute atomic E-state index is 0.121. The van der Waals surface area contributed by atoms with E-state index in [9.17, 15) is 14.7 Å². The van der Waals surface area contributed by atoms with Gasteiger partial charge in [0.15, 0.2) is 0 Å². The molecule has 2 aromatic heterocycles. The van der Waals surface area contributed by atoms with Gasteiger partial charge in [0.05, 0.1) is 5.39 Å². The lowest BCUT2D eigenvalue weighted by atomic mass is 10.1. The van der Waals surface area contributed by atoms with Gasteiger partial charge in [0.2, 0.25) is 5.43 Å². The molecule has 26 heavy (non-hydrogen) atoms. The highest BCUT2D eigenvalue weighted by Gasteiger charge is 2.15. The van der Waals surface area contributed by atoms with Gasteiger partial charge in [-0.25, -0.2) is 4.98 Å². The average molecular weight is 351 g/mol. The third-order valence-electron chi connectivity index (χ3n) is 4.28.